The predicted octanol–water partition coefficient (Wildman–Crippen LogP) is 6.61. The number of alkyl halides is 3. The van der Waals surface area contributed by atoms with E-state index in [2.05, 4.69) is 30.1 Å². The van der Waals surface area contributed by atoms with Crippen LogP contribution in [0.3, 0.4) is 0 Å². The number of ether oxygens (including phenoxy) is 1. The van der Waals surface area contributed by atoms with E-state index in [0.29, 0.717) is 17.9 Å². The van der Waals surface area contributed by atoms with E-state index < -0.39 is 12.3 Å². The van der Waals surface area contributed by atoms with Gasteiger partial charge in [-0.15, -0.1) is 13.2 Å². The summed E-state index contributed by atoms with van der Waals surface area (Å²) in [6, 6.07) is 11.0. The first-order valence-corrected chi connectivity index (χ1v) is 11.0. The Morgan fingerprint density at radius 2 is 1.88 bits per heavy atom. The van der Waals surface area contributed by atoms with Gasteiger partial charge in [-0.1, -0.05) is 32.9 Å². The number of imidazole rings is 1. The van der Waals surface area contributed by atoms with E-state index in [1.807, 2.05) is 6.07 Å². The standard InChI is InChI=1S/C25H27F3N2O3/c1-15-10-18(14-24(2,3)13-15)30-21-9-6-17(23(31)32)12-20(21)29-22(30)11-16-4-7-19(8-5-16)33-25(26,27)28/h4-9,12,15,18H,10-11,13-14H2,1-3H3,(H,31,32)/t15-,18?/m0/s1. The van der Waals surface area contributed by atoms with Gasteiger partial charge < -0.3 is 14.4 Å². The van der Waals surface area contributed by atoms with E-state index >= 15 is 0 Å². The molecule has 1 aliphatic rings. The molecule has 1 aliphatic carbocycles. The highest BCUT2D eigenvalue weighted by Gasteiger charge is 2.35. The number of halogens is 3. The first-order valence-electron chi connectivity index (χ1n) is 11.0. The molecule has 5 nitrogen and oxygen atoms in total. The molecule has 0 saturated heterocycles. The van der Waals surface area contributed by atoms with Crippen LogP contribution in [0.1, 0.15) is 67.8 Å². The SMILES string of the molecule is C[C@H]1CC(n2c(Cc3ccc(OC(F)(F)F)cc3)nc3cc(C(=O)O)ccc32)CC(C)(C)C1. The molecule has 0 radical (unpaired) electrons. The molecule has 1 aromatic heterocycles. The molecule has 1 unspecified atom stereocenters. The van der Waals surface area contributed by atoms with Crippen molar-refractivity contribution in [2.45, 2.75) is 58.9 Å². The van der Waals surface area contributed by atoms with Crippen molar-refractivity contribution in [2.24, 2.45) is 11.3 Å². The Balaban J connectivity index is 1.73. The minimum atomic E-state index is -4.73. The molecular formula is C25H27F3N2O3. The van der Waals surface area contributed by atoms with Crippen LogP contribution >= 0.6 is 0 Å². The summed E-state index contributed by atoms with van der Waals surface area (Å²) in [4.78, 5) is 16.2. The highest BCUT2D eigenvalue weighted by Crippen LogP contribution is 2.45. The van der Waals surface area contributed by atoms with Gasteiger partial charge in [0.05, 0.1) is 16.6 Å². The summed E-state index contributed by atoms with van der Waals surface area (Å²) in [5, 5.41) is 9.39. The number of carboxylic acid groups (broad SMARTS) is 1. The monoisotopic (exact) mass is 460 g/mol. The van der Waals surface area contributed by atoms with Gasteiger partial charge in [-0.25, -0.2) is 9.78 Å². The third-order valence-corrected chi connectivity index (χ3v) is 6.26. The number of carbonyl (C=O) groups is 1. The first kappa shape index (κ1) is 23.1. The summed E-state index contributed by atoms with van der Waals surface area (Å²) in [7, 11) is 0. The molecule has 0 spiro atoms. The van der Waals surface area contributed by atoms with Gasteiger partial charge in [-0.05, 0) is 66.5 Å². The van der Waals surface area contributed by atoms with Crippen LogP contribution in [0.2, 0.25) is 0 Å². The van der Waals surface area contributed by atoms with Gasteiger partial charge in [0.1, 0.15) is 11.6 Å². The van der Waals surface area contributed by atoms with Gasteiger partial charge >= 0.3 is 12.3 Å². The van der Waals surface area contributed by atoms with Crippen LogP contribution in [0.4, 0.5) is 13.2 Å². The Hall–Kier alpha value is -3.03. The van der Waals surface area contributed by atoms with Crippen molar-refractivity contribution in [1.82, 2.24) is 9.55 Å². The zero-order valence-corrected chi connectivity index (χ0v) is 18.8. The summed E-state index contributed by atoms with van der Waals surface area (Å²) in [6.07, 6.45) is -1.23. The molecule has 1 heterocycles. The maximum atomic E-state index is 12.5. The number of nitrogens with zero attached hydrogens (tertiary/aromatic N) is 2. The number of hydrogen-bond donors (Lipinski definition) is 1. The Kier molecular flexibility index (Phi) is 5.88. The second-order valence-electron chi connectivity index (χ2n) is 9.84. The summed E-state index contributed by atoms with van der Waals surface area (Å²) in [5.41, 5.74) is 2.61. The molecule has 176 valence electrons. The molecule has 1 N–H and O–H groups in total. The fourth-order valence-electron chi connectivity index (χ4n) is 5.30. The van der Waals surface area contributed by atoms with Crippen LogP contribution in [0.25, 0.3) is 11.0 Å². The van der Waals surface area contributed by atoms with E-state index in [1.165, 1.54) is 12.1 Å². The molecule has 3 aromatic rings. The average Bonchev–Trinajstić information content (AvgIpc) is 3.03. The first-order chi connectivity index (χ1) is 15.4. The summed E-state index contributed by atoms with van der Waals surface area (Å²) in [6.45, 7) is 6.77. The van der Waals surface area contributed by atoms with Gasteiger partial charge in [0.2, 0.25) is 0 Å². The molecule has 1 fully saturated rings. The van der Waals surface area contributed by atoms with Crippen LogP contribution in [-0.4, -0.2) is 27.0 Å². The van der Waals surface area contributed by atoms with Crippen molar-refractivity contribution < 1.29 is 27.8 Å². The Labute approximate surface area is 190 Å². The molecule has 0 aliphatic heterocycles. The number of benzene rings is 2. The van der Waals surface area contributed by atoms with Gasteiger partial charge in [0.25, 0.3) is 0 Å². The van der Waals surface area contributed by atoms with Gasteiger partial charge in [-0.2, -0.15) is 0 Å². The number of rotatable bonds is 5. The van der Waals surface area contributed by atoms with Gasteiger partial charge in [0, 0.05) is 12.5 Å². The predicted molar refractivity (Wildman–Crippen MR) is 118 cm³/mol. The van der Waals surface area contributed by atoms with Crippen LogP contribution in [0.15, 0.2) is 42.5 Å². The van der Waals surface area contributed by atoms with Crippen molar-refractivity contribution in [3.63, 3.8) is 0 Å². The fourth-order valence-corrected chi connectivity index (χ4v) is 5.30. The maximum Gasteiger partial charge on any atom is 0.573 e. The van der Waals surface area contributed by atoms with Crippen LogP contribution < -0.4 is 4.74 Å². The molecule has 2 aromatic carbocycles. The lowest BCUT2D eigenvalue weighted by Gasteiger charge is -2.40. The summed E-state index contributed by atoms with van der Waals surface area (Å²) >= 11 is 0. The molecule has 0 bridgehead atoms. The van der Waals surface area contributed by atoms with Gasteiger partial charge in [0.15, 0.2) is 0 Å². The van der Waals surface area contributed by atoms with Crippen LogP contribution in [0, 0.1) is 11.3 Å². The van der Waals surface area contributed by atoms with Crippen molar-refractivity contribution in [3.8, 4) is 5.75 Å². The van der Waals surface area contributed by atoms with Crippen LogP contribution in [-0.2, 0) is 6.42 Å². The fraction of sp³-hybridized carbons (Fsp3) is 0.440. The second-order valence-corrected chi connectivity index (χ2v) is 9.84. The Bertz CT molecular complexity index is 1170. The lowest BCUT2D eigenvalue weighted by molar-refractivity contribution is -0.274. The maximum absolute atomic E-state index is 12.5. The molecule has 1 saturated carbocycles. The quantitative estimate of drug-likeness (QED) is 0.465. The number of hydrogen-bond acceptors (Lipinski definition) is 3. The molecule has 8 heteroatoms. The minimum Gasteiger partial charge on any atom is -0.478 e. The lowest BCUT2D eigenvalue weighted by atomic mass is 9.70. The van der Waals surface area contributed by atoms with Crippen molar-refractivity contribution in [3.05, 3.63) is 59.4 Å². The third-order valence-electron chi connectivity index (χ3n) is 6.26. The second kappa shape index (κ2) is 8.39. The van der Waals surface area contributed by atoms with E-state index in [-0.39, 0.29) is 22.8 Å². The lowest BCUT2D eigenvalue weighted by Crippen LogP contribution is -2.30. The van der Waals surface area contributed by atoms with Crippen molar-refractivity contribution in [1.29, 1.82) is 0 Å². The number of aromatic nitrogens is 2. The summed E-state index contributed by atoms with van der Waals surface area (Å²) in [5.74, 6) is 0.0162. The molecule has 4 rings (SSSR count). The molecule has 0 amide bonds. The molecule has 2 atom stereocenters. The van der Waals surface area contributed by atoms with Crippen molar-refractivity contribution >= 4 is 17.0 Å². The van der Waals surface area contributed by atoms with Crippen LogP contribution in [0.5, 0.6) is 5.75 Å². The zero-order chi connectivity index (χ0) is 24.0. The zero-order valence-electron chi connectivity index (χ0n) is 18.8. The Morgan fingerprint density at radius 1 is 1.18 bits per heavy atom. The van der Waals surface area contributed by atoms with E-state index in [9.17, 15) is 23.1 Å². The molecule has 33 heavy (non-hydrogen) atoms. The number of fused-ring (bicyclic) bond motifs is 1. The van der Waals surface area contributed by atoms with E-state index in [4.69, 9.17) is 4.98 Å². The van der Waals surface area contributed by atoms with Gasteiger partial charge in [-0.3, -0.25) is 0 Å². The normalized spacial score (nSPS) is 20.7. The summed E-state index contributed by atoms with van der Waals surface area (Å²) < 4.78 is 43.6. The smallest absolute Gasteiger partial charge is 0.478 e. The van der Waals surface area contributed by atoms with Crippen molar-refractivity contribution in [2.75, 3.05) is 0 Å². The largest absolute Gasteiger partial charge is 0.573 e. The van der Waals surface area contributed by atoms with E-state index in [0.717, 1.165) is 36.2 Å². The molecular weight excluding hydrogens is 433 g/mol. The number of aromatic carboxylic acids is 1. The highest BCUT2D eigenvalue weighted by molar-refractivity contribution is 5.92. The topological polar surface area (TPSA) is 64.4 Å². The Morgan fingerprint density at radius 3 is 2.48 bits per heavy atom. The third kappa shape index (κ3) is 5.31. The highest BCUT2D eigenvalue weighted by atomic mass is 19.4. The van der Waals surface area contributed by atoms with E-state index in [1.54, 1.807) is 24.3 Å². The average molecular weight is 460 g/mol. The number of carboxylic acids is 1. The minimum absolute atomic E-state index is 0.160.